The van der Waals surface area contributed by atoms with Gasteiger partial charge >= 0.3 is 0 Å². The zero-order chi connectivity index (χ0) is 8.97. The van der Waals surface area contributed by atoms with Crippen molar-refractivity contribution in [3.05, 3.63) is 34.7 Å². The minimum absolute atomic E-state index is 0.642. The molecule has 0 aliphatic carbocycles. The van der Waals surface area contributed by atoms with E-state index in [2.05, 4.69) is 10.0 Å². The molecular weight excluding hydrogens is 152 g/mol. The van der Waals surface area contributed by atoms with Crippen LogP contribution in [0.25, 0.3) is 10.4 Å². The van der Waals surface area contributed by atoms with Crippen LogP contribution in [-0.2, 0) is 0 Å². The van der Waals surface area contributed by atoms with Crippen LogP contribution in [0.1, 0.15) is 0 Å². The highest BCUT2D eigenvalue weighted by Gasteiger charge is 1.92. The second-order valence-electron chi connectivity index (χ2n) is 2.60. The molecule has 1 aromatic carbocycles. The molecule has 0 unspecified atom stereocenters. The Hall–Kier alpha value is -1.67. The van der Waals surface area contributed by atoms with Crippen LogP contribution in [0.15, 0.2) is 29.4 Å². The van der Waals surface area contributed by atoms with E-state index in [0.717, 1.165) is 5.69 Å². The minimum atomic E-state index is 0.642. The summed E-state index contributed by atoms with van der Waals surface area (Å²) in [5.41, 5.74) is 9.88. The first-order valence-electron chi connectivity index (χ1n) is 3.56. The van der Waals surface area contributed by atoms with Gasteiger partial charge in [-0.1, -0.05) is 17.2 Å². The Labute approximate surface area is 71.1 Å². The monoisotopic (exact) mass is 162 g/mol. The van der Waals surface area contributed by atoms with Gasteiger partial charge in [-0.05, 0) is 17.7 Å². The van der Waals surface area contributed by atoms with Gasteiger partial charge in [0.15, 0.2) is 0 Å². The maximum Gasteiger partial charge on any atom is 0.0376 e. The van der Waals surface area contributed by atoms with Gasteiger partial charge in [0.25, 0.3) is 0 Å². The highest BCUT2D eigenvalue weighted by Crippen LogP contribution is 2.17. The molecule has 0 aromatic heterocycles. The van der Waals surface area contributed by atoms with Gasteiger partial charge in [0.2, 0.25) is 0 Å². The van der Waals surface area contributed by atoms with E-state index < -0.39 is 0 Å². The van der Waals surface area contributed by atoms with Crippen LogP contribution in [0, 0.1) is 0 Å². The molecule has 0 aliphatic rings. The third-order valence-electron chi connectivity index (χ3n) is 1.53. The second-order valence-corrected chi connectivity index (χ2v) is 2.60. The fraction of sp³-hybridized carbons (Fsp3) is 0.250. The quantitative estimate of drug-likeness (QED) is 0.374. The summed E-state index contributed by atoms with van der Waals surface area (Å²) in [6.45, 7) is 0. The maximum absolute atomic E-state index is 8.15. The third-order valence-corrected chi connectivity index (χ3v) is 1.53. The van der Waals surface area contributed by atoms with Crippen LogP contribution in [0.3, 0.4) is 0 Å². The molecule has 0 N–H and O–H groups in total. The van der Waals surface area contributed by atoms with Gasteiger partial charge in [0.1, 0.15) is 0 Å². The molecule has 1 rings (SSSR count). The van der Waals surface area contributed by atoms with Crippen LogP contribution in [0.2, 0.25) is 0 Å². The summed E-state index contributed by atoms with van der Waals surface area (Å²) in [5, 5.41) is 3.47. The summed E-state index contributed by atoms with van der Waals surface area (Å²) in [6.07, 6.45) is 0. The average Bonchev–Trinajstić information content (AvgIpc) is 2.06. The van der Waals surface area contributed by atoms with Gasteiger partial charge < -0.3 is 4.90 Å². The molecule has 0 atom stereocenters. The summed E-state index contributed by atoms with van der Waals surface area (Å²) in [5.74, 6) is 0. The van der Waals surface area contributed by atoms with E-state index in [1.165, 1.54) is 0 Å². The number of nitrogens with zero attached hydrogens (tertiary/aromatic N) is 4. The van der Waals surface area contributed by atoms with Crippen LogP contribution in [0.5, 0.6) is 0 Å². The molecule has 0 amide bonds. The molecule has 62 valence electrons. The first-order valence-corrected chi connectivity index (χ1v) is 3.56. The van der Waals surface area contributed by atoms with Crippen molar-refractivity contribution in [2.75, 3.05) is 19.0 Å². The summed E-state index contributed by atoms with van der Waals surface area (Å²) >= 11 is 0. The maximum atomic E-state index is 8.15. The molecule has 0 fully saturated rings. The van der Waals surface area contributed by atoms with E-state index in [0.29, 0.717) is 5.69 Å². The summed E-state index contributed by atoms with van der Waals surface area (Å²) in [4.78, 5) is 4.68. The van der Waals surface area contributed by atoms with Gasteiger partial charge in [-0.15, -0.1) is 0 Å². The lowest BCUT2D eigenvalue weighted by Gasteiger charge is -2.11. The molecule has 0 heterocycles. The minimum Gasteiger partial charge on any atom is -0.378 e. The SMILES string of the molecule is CN(C)c1ccc(N=[N+]=[N-])cc1. The Kier molecular flexibility index (Phi) is 2.56. The summed E-state index contributed by atoms with van der Waals surface area (Å²) < 4.78 is 0. The molecule has 1 aromatic rings. The van der Waals surface area contributed by atoms with Crippen LogP contribution in [0.4, 0.5) is 11.4 Å². The molecule has 4 nitrogen and oxygen atoms in total. The van der Waals surface area contributed by atoms with Crippen molar-refractivity contribution < 1.29 is 0 Å². The number of rotatable bonds is 2. The molecular formula is C8H10N4. The van der Waals surface area contributed by atoms with Crippen LogP contribution >= 0.6 is 0 Å². The number of hydrogen-bond donors (Lipinski definition) is 0. The molecule has 12 heavy (non-hydrogen) atoms. The molecule has 0 radical (unpaired) electrons. The largest absolute Gasteiger partial charge is 0.378 e. The zero-order valence-electron chi connectivity index (χ0n) is 7.10. The van der Waals surface area contributed by atoms with Gasteiger partial charge in [-0.2, -0.15) is 0 Å². The van der Waals surface area contributed by atoms with E-state index in [-0.39, 0.29) is 0 Å². The summed E-state index contributed by atoms with van der Waals surface area (Å²) in [6, 6.07) is 7.39. The highest BCUT2D eigenvalue weighted by atomic mass is 15.1. The van der Waals surface area contributed by atoms with Crippen molar-refractivity contribution in [1.82, 2.24) is 0 Å². The van der Waals surface area contributed by atoms with Crippen molar-refractivity contribution in [3.8, 4) is 0 Å². The number of hydrogen-bond acceptors (Lipinski definition) is 2. The third kappa shape index (κ3) is 1.90. The Morgan fingerprint density at radius 2 is 1.83 bits per heavy atom. The van der Waals surface area contributed by atoms with E-state index in [1.807, 2.05) is 31.1 Å². The first-order chi connectivity index (χ1) is 5.74. The van der Waals surface area contributed by atoms with Crippen LogP contribution in [-0.4, -0.2) is 14.1 Å². The van der Waals surface area contributed by atoms with Gasteiger partial charge in [0, 0.05) is 30.4 Å². The molecule has 0 saturated carbocycles. The smallest absolute Gasteiger partial charge is 0.0376 e. The zero-order valence-corrected chi connectivity index (χ0v) is 7.10. The second kappa shape index (κ2) is 3.64. The van der Waals surface area contributed by atoms with Crippen molar-refractivity contribution in [3.63, 3.8) is 0 Å². The molecule has 4 heteroatoms. The Bertz CT molecular complexity index is 295. The Balaban J connectivity index is 2.92. The highest BCUT2D eigenvalue weighted by molar-refractivity contribution is 5.51. The lowest BCUT2D eigenvalue weighted by molar-refractivity contribution is 1.13. The number of benzene rings is 1. The Morgan fingerprint density at radius 3 is 2.25 bits per heavy atom. The van der Waals surface area contributed by atoms with Gasteiger partial charge in [-0.3, -0.25) is 0 Å². The van der Waals surface area contributed by atoms with Gasteiger partial charge in [-0.25, -0.2) is 0 Å². The van der Waals surface area contributed by atoms with E-state index in [9.17, 15) is 0 Å². The first kappa shape index (κ1) is 8.43. The Morgan fingerprint density at radius 1 is 1.25 bits per heavy atom. The normalized spacial score (nSPS) is 8.83. The standard InChI is InChI=1S/C8H10N4/c1-12(2)8-5-3-7(4-6-8)10-11-9/h3-6H,1-2H3. The number of azide groups is 1. The lowest BCUT2D eigenvalue weighted by Crippen LogP contribution is -2.07. The lowest BCUT2D eigenvalue weighted by atomic mass is 10.3. The van der Waals surface area contributed by atoms with Crippen molar-refractivity contribution in [1.29, 1.82) is 0 Å². The molecule has 0 bridgehead atoms. The topological polar surface area (TPSA) is 52.0 Å². The van der Waals surface area contributed by atoms with Crippen molar-refractivity contribution in [2.24, 2.45) is 5.11 Å². The van der Waals surface area contributed by atoms with E-state index >= 15 is 0 Å². The van der Waals surface area contributed by atoms with Crippen molar-refractivity contribution in [2.45, 2.75) is 0 Å². The average molecular weight is 162 g/mol. The molecule has 0 aliphatic heterocycles. The predicted molar refractivity (Wildman–Crippen MR) is 49.6 cm³/mol. The van der Waals surface area contributed by atoms with Gasteiger partial charge in [0.05, 0.1) is 0 Å². The molecule has 0 saturated heterocycles. The van der Waals surface area contributed by atoms with E-state index in [1.54, 1.807) is 12.1 Å². The fourth-order valence-electron chi connectivity index (χ4n) is 0.869. The number of anilines is 1. The van der Waals surface area contributed by atoms with Crippen molar-refractivity contribution >= 4 is 11.4 Å². The molecule has 0 spiro atoms. The van der Waals surface area contributed by atoms with E-state index in [4.69, 9.17) is 5.53 Å². The summed E-state index contributed by atoms with van der Waals surface area (Å²) in [7, 11) is 3.92. The fourth-order valence-corrected chi connectivity index (χ4v) is 0.869. The van der Waals surface area contributed by atoms with Crippen LogP contribution < -0.4 is 4.90 Å². The predicted octanol–water partition coefficient (Wildman–Crippen LogP) is 2.69.